The van der Waals surface area contributed by atoms with Gasteiger partial charge in [0.25, 0.3) is 0 Å². The van der Waals surface area contributed by atoms with Gasteiger partial charge in [0.2, 0.25) is 0 Å². The van der Waals surface area contributed by atoms with Crippen molar-refractivity contribution in [2.75, 3.05) is 32.7 Å². The maximum absolute atomic E-state index is 13.1. The number of H-pyrrole nitrogens is 1. The summed E-state index contributed by atoms with van der Waals surface area (Å²) in [5.74, 6) is 0.768. The number of hydrogen-bond donors (Lipinski definition) is 2. The molecule has 0 amide bonds. The lowest BCUT2D eigenvalue weighted by Crippen LogP contribution is -2.11. The van der Waals surface area contributed by atoms with Crippen LogP contribution in [-0.2, 0) is 4.74 Å². The van der Waals surface area contributed by atoms with Crippen molar-refractivity contribution in [3.05, 3.63) is 58.4 Å². The number of aryl methyl sites for hydroxylation is 1. The first-order chi connectivity index (χ1) is 12.7. The summed E-state index contributed by atoms with van der Waals surface area (Å²) in [4.78, 5) is 16.4. The molecule has 5 nitrogen and oxygen atoms in total. The molecular formula is C21H24N2O3. The second-order valence-corrected chi connectivity index (χ2v) is 6.21. The van der Waals surface area contributed by atoms with E-state index in [9.17, 15) is 4.79 Å². The number of benzene rings is 2. The second kappa shape index (κ2) is 8.06. The van der Waals surface area contributed by atoms with Crippen molar-refractivity contribution in [3.63, 3.8) is 0 Å². The van der Waals surface area contributed by atoms with Crippen LogP contribution in [0.2, 0.25) is 0 Å². The minimum atomic E-state index is 0.0296. The maximum Gasteiger partial charge on any atom is 0.197 e. The molecular weight excluding hydrogens is 328 g/mol. The van der Waals surface area contributed by atoms with E-state index < -0.39 is 0 Å². The number of fused-ring (bicyclic) bond motifs is 1. The van der Waals surface area contributed by atoms with E-state index in [1.54, 1.807) is 20.4 Å². The number of hydrogen-bond acceptors (Lipinski definition) is 4. The average Bonchev–Trinajstić information content (AvgIpc) is 2.67. The fourth-order valence-electron chi connectivity index (χ4n) is 3.07. The zero-order valence-corrected chi connectivity index (χ0v) is 15.4. The van der Waals surface area contributed by atoms with E-state index in [1.807, 2.05) is 43.3 Å². The number of anilines is 1. The molecule has 0 aliphatic rings. The van der Waals surface area contributed by atoms with E-state index in [0.717, 1.165) is 46.4 Å². The minimum absolute atomic E-state index is 0.0296. The van der Waals surface area contributed by atoms with Crippen LogP contribution in [0.3, 0.4) is 0 Å². The Morgan fingerprint density at radius 1 is 1.08 bits per heavy atom. The Morgan fingerprint density at radius 2 is 1.85 bits per heavy atom. The van der Waals surface area contributed by atoms with E-state index in [4.69, 9.17) is 9.47 Å². The average molecular weight is 352 g/mol. The molecule has 2 N–H and O–H groups in total. The number of aromatic amines is 1. The first kappa shape index (κ1) is 18.0. The van der Waals surface area contributed by atoms with Crippen LogP contribution >= 0.6 is 0 Å². The van der Waals surface area contributed by atoms with E-state index in [0.29, 0.717) is 12.2 Å². The Balaban J connectivity index is 2.02. The molecule has 0 unspecified atom stereocenters. The molecule has 5 heteroatoms. The standard InChI is InChI=1S/C21H24N2O3/c1-14-5-10-18(22-11-4-12-25-2)20-19(14)21(24)17(13-23-20)15-6-8-16(26-3)9-7-15/h5-10,13,22H,4,11-12H2,1-3H3,(H,23,24). The van der Waals surface area contributed by atoms with Crippen LogP contribution in [0.1, 0.15) is 12.0 Å². The van der Waals surface area contributed by atoms with Gasteiger partial charge in [-0.15, -0.1) is 0 Å². The van der Waals surface area contributed by atoms with E-state index in [2.05, 4.69) is 10.3 Å². The third-order valence-electron chi connectivity index (χ3n) is 4.49. The van der Waals surface area contributed by atoms with Crippen molar-refractivity contribution in [1.29, 1.82) is 0 Å². The van der Waals surface area contributed by atoms with Gasteiger partial charge in [0.1, 0.15) is 5.75 Å². The SMILES string of the molecule is COCCCNc1ccc(C)c2c(=O)c(-c3ccc(OC)cc3)c[nH]c12. The summed E-state index contributed by atoms with van der Waals surface area (Å²) >= 11 is 0. The highest BCUT2D eigenvalue weighted by Gasteiger charge is 2.12. The van der Waals surface area contributed by atoms with Crippen LogP contribution in [0, 0.1) is 6.92 Å². The van der Waals surface area contributed by atoms with Crippen LogP contribution in [0.25, 0.3) is 22.0 Å². The molecule has 2 aromatic carbocycles. The minimum Gasteiger partial charge on any atom is -0.497 e. The lowest BCUT2D eigenvalue weighted by atomic mass is 10.0. The van der Waals surface area contributed by atoms with Gasteiger partial charge in [-0.1, -0.05) is 18.2 Å². The van der Waals surface area contributed by atoms with Crippen molar-refractivity contribution in [2.45, 2.75) is 13.3 Å². The van der Waals surface area contributed by atoms with E-state index in [-0.39, 0.29) is 5.43 Å². The maximum atomic E-state index is 13.1. The molecule has 0 saturated carbocycles. The van der Waals surface area contributed by atoms with Gasteiger partial charge in [-0.05, 0) is 42.7 Å². The molecule has 1 aromatic heterocycles. The molecule has 3 aromatic rings. The second-order valence-electron chi connectivity index (χ2n) is 6.21. The molecule has 3 rings (SSSR count). The Labute approximate surface area is 153 Å². The summed E-state index contributed by atoms with van der Waals surface area (Å²) in [6.45, 7) is 3.45. The number of rotatable bonds is 7. The van der Waals surface area contributed by atoms with Gasteiger partial charge < -0.3 is 19.8 Å². The molecule has 0 bridgehead atoms. The zero-order valence-electron chi connectivity index (χ0n) is 15.4. The smallest absolute Gasteiger partial charge is 0.197 e. The Kier molecular flexibility index (Phi) is 5.58. The number of ether oxygens (including phenoxy) is 2. The summed E-state index contributed by atoms with van der Waals surface area (Å²) in [7, 11) is 3.32. The van der Waals surface area contributed by atoms with Gasteiger partial charge in [0, 0.05) is 32.0 Å². The molecule has 0 aliphatic heterocycles. The first-order valence-corrected chi connectivity index (χ1v) is 8.68. The molecule has 26 heavy (non-hydrogen) atoms. The fourth-order valence-corrected chi connectivity index (χ4v) is 3.07. The summed E-state index contributed by atoms with van der Waals surface area (Å²) in [5, 5.41) is 4.10. The summed E-state index contributed by atoms with van der Waals surface area (Å²) < 4.78 is 10.3. The molecule has 136 valence electrons. The van der Waals surface area contributed by atoms with E-state index >= 15 is 0 Å². The van der Waals surface area contributed by atoms with Gasteiger partial charge in [0.05, 0.1) is 23.7 Å². The fraction of sp³-hybridized carbons (Fsp3) is 0.286. The van der Waals surface area contributed by atoms with Gasteiger partial charge >= 0.3 is 0 Å². The number of methoxy groups -OCH3 is 2. The normalized spacial score (nSPS) is 10.9. The predicted octanol–water partition coefficient (Wildman–Crippen LogP) is 3.96. The predicted molar refractivity (Wildman–Crippen MR) is 106 cm³/mol. The quantitative estimate of drug-likeness (QED) is 0.632. The third-order valence-corrected chi connectivity index (χ3v) is 4.49. The lowest BCUT2D eigenvalue weighted by molar-refractivity contribution is 0.198. The molecule has 0 fully saturated rings. The van der Waals surface area contributed by atoms with Crippen LogP contribution in [0.15, 0.2) is 47.4 Å². The van der Waals surface area contributed by atoms with Crippen LogP contribution in [-0.4, -0.2) is 32.4 Å². The largest absolute Gasteiger partial charge is 0.497 e. The van der Waals surface area contributed by atoms with Gasteiger partial charge in [0.15, 0.2) is 5.43 Å². The molecule has 0 atom stereocenters. The highest BCUT2D eigenvalue weighted by molar-refractivity contribution is 5.94. The zero-order chi connectivity index (χ0) is 18.5. The lowest BCUT2D eigenvalue weighted by Gasteiger charge is -2.12. The highest BCUT2D eigenvalue weighted by atomic mass is 16.5. The van der Waals surface area contributed by atoms with Crippen molar-refractivity contribution in [1.82, 2.24) is 4.98 Å². The topological polar surface area (TPSA) is 63.4 Å². The molecule has 1 heterocycles. The molecule has 0 aliphatic carbocycles. The van der Waals surface area contributed by atoms with Gasteiger partial charge in [-0.25, -0.2) is 0 Å². The number of pyridine rings is 1. The number of nitrogens with one attached hydrogen (secondary N) is 2. The third kappa shape index (κ3) is 3.58. The summed E-state index contributed by atoms with van der Waals surface area (Å²) in [5.41, 5.74) is 4.28. The van der Waals surface area contributed by atoms with Crippen LogP contribution in [0.4, 0.5) is 5.69 Å². The Hall–Kier alpha value is -2.79. The van der Waals surface area contributed by atoms with Gasteiger partial charge in [-0.3, -0.25) is 4.79 Å². The monoisotopic (exact) mass is 352 g/mol. The molecule has 0 saturated heterocycles. The summed E-state index contributed by atoms with van der Waals surface area (Å²) in [6.07, 6.45) is 2.69. The molecule has 0 radical (unpaired) electrons. The van der Waals surface area contributed by atoms with Crippen molar-refractivity contribution in [2.24, 2.45) is 0 Å². The Morgan fingerprint density at radius 3 is 2.54 bits per heavy atom. The highest BCUT2D eigenvalue weighted by Crippen LogP contribution is 2.26. The van der Waals surface area contributed by atoms with Crippen molar-refractivity contribution >= 4 is 16.6 Å². The van der Waals surface area contributed by atoms with Crippen molar-refractivity contribution < 1.29 is 9.47 Å². The van der Waals surface area contributed by atoms with Crippen molar-refractivity contribution in [3.8, 4) is 16.9 Å². The Bertz CT molecular complexity index is 946. The van der Waals surface area contributed by atoms with Gasteiger partial charge in [-0.2, -0.15) is 0 Å². The summed E-state index contributed by atoms with van der Waals surface area (Å²) in [6, 6.07) is 11.5. The first-order valence-electron chi connectivity index (χ1n) is 8.68. The molecule has 0 spiro atoms. The van der Waals surface area contributed by atoms with Crippen LogP contribution in [0.5, 0.6) is 5.75 Å². The number of aromatic nitrogens is 1. The van der Waals surface area contributed by atoms with Crippen LogP contribution < -0.4 is 15.5 Å². The van der Waals surface area contributed by atoms with E-state index in [1.165, 1.54) is 0 Å².